The van der Waals surface area contributed by atoms with Crippen molar-refractivity contribution in [2.75, 3.05) is 39.8 Å². The molecule has 0 saturated carbocycles. The van der Waals surface area contributed by atoms with E-state index in [9.17, 15) is 4.79 Å². The number of nitrogens with one attached hydrogen (secondary N) is 1. The SMILES string of the molecule is CC(Cn1ccnc1)NCC(=O)N1CCN(C)CC1. The van der Waals surface area contributed by atoms with Gasteiger partial charge in [0.15, 0.2) is 0 Å². The van der Waals surface area contributed by atoms with Gasteiger partial charge in [0.05, 0.1) is 12.9 Å². The van der Waals surface area contributed by atoms with Crippen LogP contribution in [0, 0.1) is 0 Å². The van der Waals surface area contributed by atoms with Crippen LogP contribution in [0.15, 0.2) is 18.7 Å². The van der Waals surface area contributed by atoms with Crippen molar-refractivity contribution in [3.63, 3.8) is 0 Å². The first kappa shape index (κ1) is 14.0. The van der Waals surface area contributed by atoms with Gasteiger partial charge in [0.2, 0.25) is 5.91 Å². The highest BCUT2D eigenvalue weighted by Gasteiger charge is 2.18. The molecular weight excluding hydrogens is 242 g/mol. The Morgan fingerprint density at radius 2 is 2.11 bits per heavy atom. The van der Waals surface area contributed by atoms with Crippen LogP contribution in [0.25, 0.3) is 0 Å². The van der Waals surface area contributed by atoms with Crippen LogP contribution in [0.5, 0.6) is 0 Å². The topological polar surface area (TPSA) is 53.4 Å². The molecule has 6 nitrogen and oxygen atoms in total. The maximum Gasteiger partial charge on any atom is 0.236 e. The number of imidazole rings is 1. The Balaban J connectivity index is 1.68. The average molecular weight is 265 g/mol. The zero-order chi connectivity index (χ0) is 13.7. The number of rotatable bonds is 5. The van der Waals surface area contributed by atoms with Crippen molar-refractivity contribution >= 4 is 5.91 Å². The maximum atomic E-state index is 12.0. The molecule has 1 fully saturated rings. The predicted octanol–water partition coefficient (Wildman–Crippen LogP) is -0.365. The van der Waals surface area contributed by atoms with Crippen molar-refractivity contribution < 1.29 is 4.79 Å². The molecule has 0 aliphatic carbocycles. The van der Waals surface area contributed by atoms with Crippen molar-refractivity contribution in [3.05, 3.63) is 18.7 Å². The molecule has 1 N–H and O–H groups in total. The summed E-state index contributed by atoms with van der Waals surface area (Å²) in [5.74, 6) is 0.200. The van der Waals surface area contributed by atoms with Crippen LogP contribution in [0.4, 0.5) is 0 Å². The fourth-order valence-electron chi connectivity index (χ4n) is 2.20. The van der Waals surface area contributed by atoms with Gasteiger partial charge in [-0.3, -0.25) is 4.79 Å². The van der Waals surface area contributed by atoms with E-state index in [2.05, 4.69) is 29.2 Å². The largest absolute Gasteiger partial charge is 0.339 e. The molecule has 1 atom stereocenters. The summed E-state index contributed by atoms with van der Waals surface area (Å²) in [5.41, 5.74) is 0. The Morgan fingerprint density at radius 1 is 1.37 bits per heavy atom. The second kappa shape index (κ2) is 6.68. The normalized spacial score (nSPS) is 18.5. The quantitative estimate of drug-likeness (QED) is 0.789. The summed E-state index contributed by atoms with van der Waals surface area (Å²) >= 11 is 0. The van der Waals surface area contributed by atoms with Crippen LogP contribution in [-0.2, 0) is 11.3 Å². The second-order valence-electron chi connectivity index (χ2n) is 5.23. The highest BCUT2D eigenvalue weighted by atomic mass is 16.2. The number of likely N-dealkylation sites (N-methyl/N-ethyl adjacent to an activating group) is 1. The summed E-state index contributed by atoms with van der Waals surface area (Å²) in [4.78, 5) is 20.2. The molecule has 1 aliphatic heterocycles. The van der Waals surface area contributed by atoms with Crippen LogP contribution in [0.3, 0.4) is 0 Å². The third-order valence-corrected chi connectivity index (χ3v) is 3.50. The Hall–Kier alpha value is -1.40. The fourth-order valence-corrected chi connectivity index (χ4v) is 2.20. The minimum atomic E-state index is 0.200. The standard InChI is InChI=1S/C13H23N5O/c1-12(10-17-4-3-14-11-17)15-9-13(19)18-7-5-16(2)6-8-18/h3-4,11-12,15H,5-10H2,1-2H3. The lowest BCUT2D eigenvalue weighted by atomic mass is 10.3. The molecule has 2 rings (SSSR count). The first-order chi connectivity index (χ1) is 9.15. The lowest BCUT2D eigenvalue weighted by molar-refractivity contribution is -0.131. The van der Waals surface area contributed by atoms with Crippen molar-refractivity contribution in [1.82, 2.24) is 24.7 Å². The Labute approximate surface area is 114 Å². The summed E-state index contributed by atoms with van der Waals surface area (Å²) in [6.45, 7) is 6.94. The summed E-state index contributed by atoms with van der Waals surface area (Å²) in [7, 11) is 2.09. The van der Waals surface area contributed by atoms with Gasteiger partial charge in [0.1, 0.15) is 0 Å². The number of piperazine rings is 1. The average Bonchev–Trinajstić information content (AvgIpc) is 2.89. The van der Waals surface area contributed by atoms with Crippen LogP contribution >= 0.6 is 0 Å². The Kier molecular flexibility index (Phi) is 4.93. The number of carbonyl (C=O) groups excluding carboxylic acids is 1. The van der Waals surface area contributed by atoms with Gasteiger partial charge >= 0.3 is 0 Å². The Morgan fingerprint density at radius 3 is 2.74 bits per heavy atom. The first-order valence-electron chi connectivity index (χ1n) is 6.80. The van der Waals surface area contributed by atoms with Crippen molar-refractivity contribution in [3.8, 4) is 0 Å². The van der Waals surface area contributed by atoms with E-state index >= 15 is 0 Å². The molecule has 19 heavy (non-hydrogen) atoms. The third-order valence-electron chi connectivity index (χ3n) is 3.50. The molecule has 0 spiro atoms. The summed E-state index contributed by atoms with van der Waals surface area (Å²) in [5, 5.41) is 3.28. The van der Waals surface area contributed by atoms with Crippen LogP contribution in [0.1, 0.15) is 6.92 Å². The smallest absolute Gasteiger partial charge is 0.236 e. The minimum Gasteiger partial charge on any atom is -0.339 e. The number of amides is 1. The lowest BCUT2D eigenvalue weighted by Gasteiger charge is -2.32. The number of hydrogen-bond acceptors (Lipinski definition) is 4. The van der Waals surface area contributed by atoms with E-state index in [0.29, 0.717) is 6.54 Å². The van der Waals surface area contributed by atoms with Gasteiger partial charge in [-0.2, -0.15) is 0 Å². The van der Waals surface area contributed by atoms with Gasteiger partial charge in [-0.25, -0.2) is 4.98 Å². The molecule has 1 saturated heterocycles. The number of aromatic nitrogens is 2. The predicted molar refractivity (Wildman–Crippen MR) is 73.8 cm³/mol. The van der Waals surface area contributed by atoms with Gasteiger partial charge in [0, 0.05) is 51.2 Å². The first-order valence-corrected chi connectivity index (χ1v) is 6.80. The molecule has 1 aromatic heterocycles. The highest BCUT2D eigenvalue weighted by molar-refractivity contribution is 5.78. The van der Waals surface area contributed by atoms with Crippen LogP contribution in [-0.4, -0.2) is 71.1 Å². The number of carbonyl (C=O) groups is 1. The van der Waals surface area contributed by atoms with Crippen molar-refractivity contribution in [2.24, 2.45) is 0 Å². The molecule has 6 heteroatoms. The zero-order valence-corrected chi connectivity index (χ0v) is 11.7. The molecule has 1 unspecified atom stereocenters. The molecule has 2 heterocycles. The van der Waals surface area contributed by atoms with Gasteiger partial charge in [-0.05, 0) is 14.0 Å². The summed E-state index contributed by atoms with van der Waals surface area (Å²) in [6, 6.07) is 0.255. The van der Waals surface area contributed by atoms with Crippen molar-refractivity contribution in [2.45, 2.75) is 19.5 Å². The molecule has 1 amide bonds. The Bertz CT molecular complexity index is 384. The number of hydrogen-bond donors (Lipinski definition) is 1. The zero-order valence-electron chi connectivity index (χ0n) is 11.7. The molecule has 1 aliphatic rings. The van der Waals surface area contributed by atoms with Gasteiger partial charge in [-0.1, -0.05) is 0 Å². The molecule has 106 valence electrons. The lowest BCUT2D eigenvalue weighted by Crippen LogP contribution is -2.50. The van der Waals surface area contributed by atoms with Gasteiger partial charge in [-0.15, -0.1) is 0 Å². The van der Waals surface area contributed by atoms with E-state index in [-0.39, 0.29) is 11.9 Å². The van der Waals surface area contributed by atoms with Gasteiger partial charge in [0.25, 0.3) is 0 Å². The van der Waals surface area contributed by atoms with E-state index in [4.69, 9.17) is 0 Å². The molecule has 0 bridgehead atoms. The van der Waals surface area contributed by atoms with Crippen molar-refractivity contribution in [1.29, 1.82) is 0 Å². The summed E-state index contributed by atoms with van der Waals surface area (Å²) in [6.07, 6.45) is 5.49. The number of nitrogens with zero attached hydrogens (tertiary/aromatic N) is 4. The molecular formula is C13H23N5O. The van der Waals surface area contributed by atoms with E-state index in [0.717, 1.165) is 32.7 Å². The maximum absolute atomic E-state index is 12.0. The van der Waals surface area contributed by atoms with Crippen LogP contribution < -0.4 is 5.32 Å². The fraction of sp³-hybridized carbons (Fsp3) is 0.692. The highest BCUT2D eigenvalue weighted by Crippen LogP contribution is 1.99. The molecule has 1 aromatic rings. The monoisotopic (exact) mass is 265 g/mol. The van der Waals surface area contributed by atoms with Gasteiger partial charge < -0.3 is 19.7 Å². The second-order valence-corrected chi connectivity index (χ2v) is 5.23. The minimum absolute atomic E-state index is 0.200. The van der Waals surface area contributed by atoms with E-state index in [1.807, 2.05) is 15.7 Å². The third kappa shape index (κ3) is 4.33. The summed E-state index contributed by atoms with van der Waals surface area (Å²) < 4.78 is 2.01. The molecule has 0 aromatic carbocycles. The van der Waals surface area contributed by atoms with Crippen LogP contribution in [0.2, 0.25) is 0 Å². The van der Waals surface area contributed by atoms with E-state index in [1.54, 1.807) is 12.5 Å². The van der Waals surface area contributed by atoms with E-state index in [1.165, 1.54) is 0 Å². The molecule has 0 radical (unpaired) electrons. The van der Waals surface area contributed by atoms with E-state index < -0.39 is 0 Å².